The first kappa shape index (κ1) is 13.9. The summed E-state index contributed by atoms with van der Waals surface area (Å²) in [6.45, 7) is 0. The predicted octanol–water partition coefficient (Wildman–Crippen LogP) is 4.07. The van der Waals surface area contributed by atoms with Gasteiger partial charge in [0.15, 0.2) is 11.6 Å². The quantitative estimate of drug-likeness (QED) is 0.896. The van der Waals surface area contributed by atoms with Gasteiger partial charge >= 0.3 is 0 Å². The molecule has 19 heavy (non-hydrogen) atoms. The SMILES string of the molecule is CNC(c1ccc(F)c(F)c1)c1ccc(F)cc1Cl. The van der Waals surface area contributed by atoms with E-state index in [2.05, 4.69) is 5.32 Å². The summed E-state index contributed by atoms with van der Waals surface area (Å²) in [5.41, 5.74) is 1.10. The van der Waals surface area contributed by atoms with Gasteiger partial charge in [-0.1, -0.05) is 23.7 Å². The van der Waals surface area contributed by atoms with E-state index in [1.165, 1.54) is 24.3 Å². The average molecular weight is 286 g/mol. The molecule has 1 unspecified atom stereocenters. The summed E-state index contributed by atoms with van der Waals surface area (Å²) in [6, 6.07) is 7.12. The Kier molecular flexibility index (Phi) is 4.12. The Morgan fingerprint density at radius 2 is 1.74 bits per heavy atom. The van der Waals surface area contributed by atoms with Gasteiger partial charge in [-0.05, 0) is 42.4 Å². The maximum absolute atomic E-state index is 13.3. The van der Waals surface area contributed by atoms with Crippen LogP contribution in [-0.2, 0) is 0 Å². The van der Waals surface area contributed by atoms with Crippen LogP contribution in [0.15, 0.2) is 36.4 Å². The minimum absolute atomic E-state index is 0.226. The zero-order chi connectivity index (χ0) is 14.0. The second kappa shape index (κ2) is 5.63. The third kappa shape index (κ3) is 2.91. The lowest BCUT2D eigenvalue weighted by Crippen LogP contribution is -2.18. The Labute approximate surface area is 114 Å². The maximum atomic E-state index is 13.3. The molecule has 0 saturated carbocycles. The van der Waals surface area contributed by atoms with Gasteiger partial charge in [-0.15, -0.1) is 0 Å². The molecule has 0 saturated heterocycles. The highest BCUT2D eigenvalue weighted by Gasteiger charge is 2.17. The molecular formula is C14H11ClF3N. The van der Waals surface area contributed by atoms with Gasteiger partial charge in [-0.3, -0.25) is 0 Å². The Bertz CT molecular complexity index is 601. The Morgan fingerprint density at radius 3 is 2.32 bits per heavy atom. The van der Waals surface area contributed by atoms with E-state index in [0.29, 0.717) is 11.1 Å². The molecule has 1 N–H and O–H groups in total. The number of rotatable bonds is 3. The molecule has 0 aromatic heterocycles. The molecule has 0 aliphatic heterocycles. The van der Waals surface area contributed by atoms with E-state index in [9.17, 15) is 13.2 Å². The van der Waals surface area contributed by atoms with Gasteiger partial charge in [0.25, 0.3) is 0 Å². The van der Waals surface area contributed by atoms with Crippen LogP contribution in [0.4, 0.5) is 13.2 Å². The molecule has 0 radical (unpaired) electrons. The van der Waals surface area contributed by atoms with Crippen molar-refractivity contribution in [3.63, 3.8) is 0 Å². The fourth-order valence-corrected chi connectivity index (χ4v) is 2.21. The molecule has 1 nitrogen and oxygen atoms in total. The number of hydrogen-bond donors (Lipinski definition) is 1. The van der Waals surface area contributed by atoms with Gasteiger partial charge in [0, 0.05) is 5.02 Å². The van der Waals surface area contributed by atoms with Gasteiger partial charge in [0.2, 0.25) is 0 Å². The van der Waals surface area contributed by atoms with Crippen LogP contribution in [0.1, 0.15) is 17.2 Å². The lowest BCUT2D eigenvalue weighted by atomic mass is 9.98. The van der Waals surface area contributed by atoms with Crippen molar-refractivity contribution >= 4 is 11.6 Å². The van der Waals surface area contributed by atoms with E-state index in [1.807, 2.05) is 0 Å². The van der Waals surface area contributed by atoms with Crippen LogP contribution in [-0.4, -0.2) is 7.05 Å². The molecule has 2 rings (SSSR count). The smallest absolute Gasteiger partial charge is 0.159 e. The highest BCUT2D eigenvalue weighted by molar-refractivity contribution is 6.31. The minimum Gasteiger partial charge on any atom is -0.309 e. The van der Waals surface area contributed by atoms with Gasteiger partial charge in [-0.2, -0.15) is 0 Å². The first-order valence-corrected chi connectivity index (χ1v) is 5.98. The van der Waals surface area contributed by atoms with E-state index >= 15 is 0 Å². The van der Waals surface area contributed by atoms with Crippen LogP contribution in [0.3, 0.4) is 0 Å². The second-order valence-electron chi connectivity index (χ2n) is 4.06. The highest BCUT2D eigenvalue weighted by atomic mass is 35.5. The first-order chi connectivity index (χ1) is 9.02. The fourth-order valence-electron chi connectivity index (χ4n) is 1.93. The third-order valence-corrected chi connectivity index (χ3v) is 3.17. The van der Waals surface area contributed by atoms with Crippen molar-refractivity contribution < 1.29 is 13.2 Å². The molecule has 1 atom stereocenters. The average Bonchev–Trinajstić information content (AvgIpc) is 2.37. The lowest BCUT2D eigenvalue weighted by molar-refractivity contribution is 0.505. The van der Waals surface area contributed by atoms with E-state index in [-0.39, 0.29) is 5.02 Å². The number of halogens is 4. The summed E-state index contributed by atoms with van der Waals surface area (Å²) in [6.07, 6.45) is 0. The summed E-state index contributed by atoms with van der Waals surface area (Å²) in [7, 11) is 1.66. The largest absolute Gasteiger partial charge is 0.309 e. The van der Waals surface area contributed by atoms with Crippen molar-refractivity contribution in [3.05, 3.63) is 70.0 Å². The number of benzene rings is 2. The zero-order valence-corrected chi connectivity index (χ0v) is 10.8. The maximum Gasteiger partial charge on any atom is 0.159 e. The van der Waals surface area contributed by atoms with Crippen molar-refractivity contribution in [2.24, 2.45) is 0 Å². The number of nitrogens with one attached hydrogen (secondary N) is 1. The summed E-state index contributed by atoms with van der Waals surface area (Å²) in [5, 5.41) is 3.17. The van der Waals surface area contributed by atoms with E-state index in [0.717, 1.165) is 12.1 Å². The minimum atomic E-state index is -0.934. The Balaban J connectivity index is 2.46. The topological polar surface area (TPSA) is 12.0 Å². The monoisotopic (exact) mass is 285 g/mol. The first-order valence-electron chi connectivity index (χ1n) is 5.60. The van der Waals surface area contributed by atoms with Gasteiger partial charge in [0.1, 0.15) is 5.82 Å². The normalized spacial score (nSPS) is 12.5. The van der Waals surface area contributed by atoms with Gasteiger partial charge in [0.05, 0.1) is 6.04 Å². The molecule has 0 spiro atoms. The molecule has 0 amide bonds. The van der Waals surface area contributed by atoms with Gasteiger partial charge < -0.3 is 5.32 Å². The third-order valence-electron chi connectivity index (χ3n) is 2.84. The summed E-state index contributed by atoms with van der Waals surface area (Å²) in [4.78, 5) is 0. The van der Waals surface area contributed by atoms with Crippen LogP contribution in [0.2, 0.25) is 5.02 Å². The summed E-state index contributed by atoms with van der Waals surface area (Å²) >= 11 is 5.98. The van der Waals surface area contributed by atoms with Crippen LogP contribution in [0.25, 0.3) is 0 Å². The van der Waals surface area contributed by atoms with E-state index in [1.54, 1.807) is 7.05 Å². The molecule has 0 fully saturated rings. The molecule has 2 aromatic rings. The van der Waals surface area contributed by atoms with Crippen LogP contribution in [0.5, 0.6) is 0 Å². The molecule has 0 bridgehead atoms. The van der Waals surface area contributed by atoms with Crippen molar-refractivity contribution in [1.82, 2.24) is 5.32 Å². The van der Waals surface area contributed by atoms with Crippen LogP contribution >= 0.6 is 11.6 Å². The Hall–Kier alpha value is -1.52. The van der Waals surface area contributed by atoms with Crippen molar-refractivity contribution in [1.29, 1.82) is 0 Å². The summed E-state index contributed by atoms with van der Waals surface area (Å²) in [5.74, 6) is -2.30. The summed E-state index contributed by atoms with van der Waals surface area (Å²) < 4.78 is 39.2. The molecule has 0 heterocycles. The van der Waals surface area contributed by atoms with Crippen molar-refractivity contribution in [2.75, 3.05) is 7.05 Å². The van der Waals surface area contributed by atoms with E-state index in [4.69, 9.17) is 11.6 Å². The van der Waals surface area contributed by atoms with Crippen LogP contribution in [0, 0.1) is 17.5 Å². The number of hydrogen-bond acceptors (Lipinski definition) is 1. The molecule has 5 heteroatoms. The fraction of sp³-hybridized carbons (Fsp3) is 0.143. The predicted molar refractivity (Wildman–Crippen MR) is 68.7 cm³/mol. The van der Waals surface area contributed by atoms with Crippen molar-refractivity contribution in [3.8, 4) is 0 Å². The van der Waals surface area contributed by atoms with Crippen LogP contribution < -0.4 is 5.32 Å². The zero-order valence-electron chi connectivity index (χ0n) is 10.1. The molecular weight excluding hydrogens is 275 g/mol. The molecule has 100 valence electrons. The van der Waals surface area contributed by atoms with E-state index < -0.39 is 23.5 Å². The Morgan fingerprint density at radius 1 is 1.00 bits per heavy atom. The molecule has 0 aliphatic carbocycles. The van der Waals surface area contributed by atoms with Gasteiger partial charge in [-0.25, -0.2) is 13.2 Å². The second-order valence-corrected chi connectivity index (χ2v) is 4.47. The highest BCUT2D eigenvalue weighted by Crippen LogP contribution is 2.29. The lowest BCUT2D eigenvalue weighted by Gasteiger charge is -2.18. The van der Waals surface area contributed by atoms with Crippen molar-refractivity contribution in [2.45, 2.75) is 6.04 Å². The molecule has 0 aliphatic rings. The standard InChI is InChI=1S/C14H11ClF3N/c1-19-14(8-2-5-12(17)13(18)6-8)10-4-3-9(16)7-11(10)15/h2-7,14,19H,1H3. The molecule has 2 aromatic carbocycles.